The van der Waals surface area contributed by atoms with E-state index in [0.29, 0.717) is 6.61 Å². The Balaban J connectivity index is 2.33. The Hall–Kier alpha value is -2.70. The summed E-state index contributed by atoms with van der Waals surface area (Å²) < 4.78 is 5.18. The van der Waals surface area contributed by atoms with Crippen LogP contribution in [0.25, 0.3) is 0 Å². The average molecular weight is 288 g/mol. The highest BCUT2D eigenvalue weighted by molar-refractivity contribution is 5.68. The molecule has 0 fully saturated rings. The van der Waals surface area contributed by atoms with Crippen LogP contribution in [-0.4, -0.2) is 21.5 Å². The van der Waals surface area contributed by atoms with Gasteiger partial charge >= 0.3 is 5.69 Å². The van der Waals surface area contributed by atoms with Crippen molar-refractivity contribution in [3.63, 3.8) is 0 Å². The number of aryl methyl sites for hydroxylation is 1. The maximum Gasteiger partial charge on any atom is 0.373 e. The van der Waals surface area contributed by atoms with Crippen LogP contribution in [0.5, 0.6) is 5.88 Å². The van der Waals surface area contributed by atoms with Gasteiger partial charge in [0.2, 0.25) is 5.82 Å². The van der Waals surface area contributed by atoms with E-state index in [9.17, 15) is 10.1 Å². The number of hydrogen-bond acceptors (Lipinski definition) is 6. The molecule has 0 saturated heterocycles. The molecular weight excluding hydrogens is 272 g/mol. The van der Waals surface area contributed by atoms with Crippen molar-refractivity contribution in [3.8, 4) is 5.88 Å². The smallest absolute Gasteiger partial charge is 0.373 e. The lowest BCUT2D eigenvalue weighted by atomic mass is 10.1. The van der Waals surface area contributed by atoms with Crippen molar-refractivity contribution in [2.45, 2.75) is 20.3 Å². The molecule has 1 aromatic carbocycles. The van der Waals surface area contributed by atoms with E-state index in [1.165, 1.54) is 11.9 Å². The fourth-order valence-corrected chi connectivity index (χ4v) is 1.82. The van der Waals surface area contributed by atoms with E-state index in [1.54, 1.807) is 6.92 Å². The molecule has 0 aliphatic rings. The number of anilines is 2. The molecule has 2 rings (SSSR count). The highest BCUT2D eigenvalue weighted by Gasteiger charge is 2.24. The lowest BCUT2D eigenvalue weighted by Crippen LogP contribution is -2.05. The van der Waals surface area contributed by atoms with Gasteiger partial charge in [0.1, 0.15) is 6.33 Å². The second kappa shape index (κ2) is 6.65. The van der Waals surface area contributed by atoms with Gasteiger partial charge in [-0.1, -0.05) is 19.1 Å². The molecule has 110 valence electrons. The molecule has 0 spiro atoms. The normalized spacial score (nSPS) is 10.2. The van der Waals surface area contributed by atoms with Gasteiger partial charge in [0.15, 0.2) is 0 Å². The molecule has 0 radical (unpaired) electrons. The predicted octanol–water partition coefficient (Wildman–Crippen LogP) is 3.09. The first-order valence-electron chi connectivity index (χ1n) is 6.63. The largest absolute Gasteiger partial charge is 0.473 e. The minimum atomic E-state index is -0.548. The van der Waals surface area contributed by atoms with Crippen molar-refractivity contribution in [2.24, 2.45) is 0 Å². The van der Waals surface area contributed by atoms with E-state index in [1.807, 2.05) is 24.3 Å². The molecular formula is C14H16N4O3. The van der Waals surface area contributed by atoms with Gasteiger partial charge in [0.05, 0.1) is 11.5 Å². The van der Waals surface area contributed by atoms with Crippen molar-refractivity contribution in [1.29, 1.82) is 0 Å². The number of aromatic nitrogens is 2. The zero-order valence-corrected chi connectivity index (χ0v) is 11.9. The molecule has 1 N–H and O–H groups in total. The topological polar surface area (TPSA) is 90.2 Å². The van der Waals surface area contributed by atoms with Crippen molar-refractivity contribution in [1.82, 2.24) is 9.97 Å². The molecule has 0 aliphatic carbocycles. The zero-order valence-electron chi connectivity index (χ0n) is 11.9. The van der Waals surface area contributed by atoms with Crippen LogP contribution >= 0.6 is 0 Å². The number of rotatable bonds is 6. The fourth-order valence-electron chi connectivity index (χ4n) is 1.82. The summed E-state index contributed by atoms with van der Waals surface area (Å²) in [6.45, 7) is 4.09. The molecule has 7 heteroatoms. The van der Waals surface area contributed by atoms with Gasteiger partial charge in [0, 0.05) is 5.69 Å². The van der Waals surface area contributed by atoms with Crippen molar-refractivity contribution < 1.29 is 9.66 Å². The first-order valence-corrected chi connectivity index (χ1v) is 6.63. The summed E-state index contributed by atoms with van der Waals surface area (Å²) >= 11 is 0. The minimum absolute atomic E-state index is 0.0369. The van der Waals surface area contributed by atoms with Crippen molar-refractivity contribution in [3.05, 3.63) is 46.3 Å². The number of ether oxygens (including phenoxy) is 1. The molecule has 0 amide bonds. The summed E-state index contributed by atoms with van der Waals surface area (Å²) in [6.07, 6.45) is 2.17. The molecule has 1 aromatic heterocycles. The SMILES string of the molecule is CCOc1ncnc(Nc2ccc(CC)cc2)c1[N+](=O)[O-]. The number of nitro groups is 1. The van der Waals surface area contributed by atoms with Crippen molar-refractivity contribution in [2.75, 3.05) is 11.9 Å². The molecule has 21 heavy (non-hydrogen) atoms. The summed E-state index contributed by atoms with van der Waals surface area (Å²) in [4.78, 5) is 18.4. The second-order valence-corrected chi connectivity index (χ2v) is 4.24. The van der Waals surface area contributed by atoms with Gasteiger partial charge in [-0.2, -0.15) is 4.98 Å². The van der Waals surface area contributed by atoms with Crippen LogP contribution in [0.1, 0.15) is 19.4 Å². The molecule has 0 atom stereocenters. The monoisotopic (exact) mass is 288 g/mol. The van der Waals surface area contributed by atoms with E-state index in [-0.39, 0.29) is 17.4 Å². The number of nitrogens with one attached hydrogen (secondary N) is 1. The van der Waals surface area contributed by atoms with Crippen LogP contribution in [0.2, 0.25) is 0 Å². The van der Waals surface area contributed by atoms with E-state index in [4.69, 9.17) is 4.74 Å². The second-order valence-electron chi connectivity index (χ2n) is 4.24. The van der Waals surface area contributed by atoms with Crippen LogP contribution in [0.4, 0.5) is 17.2 Å². The molecule has 1 heterocycles. The Morgan fingerprint density at radius 1 is 1.24 bits per heavy atom. The third-order valence-corrected chi connectivity index (χ3v) is 2.88. The average Bonchev–Trinajstić information content (AvgIpc) is 2.48. The van der Waals surface area contributed by atoms with Gasteiger partial charge in [0.25, 0.3) is 5.88 Å². The van der Waals surface area contributed by atoms with Gasteiger partial charge < -0.3 is 10.1 Å². The third kappa shape index (κ3) is 3.44. The van der Waals surface area contributed by atoms with E-state index in [2.05, 4.69) is 22.2 Å². The molecule has 0 unspecified atom stereocenters. The van der Waals surface area contributed by atoms with Crippen LogP contribution in [0, 0.1) is 10.1 Å². The number of nitrogens with zero attached hydrogens (tertiary/aromatic N) is 3. The van der Waals surface area contributed by atoms with Gasteiger partial charge in [-0.05, 0) is 31.0 Å². The van der Waals surface area contributed by atoms with E-state index < -0.39 is 4.92 Å². The van der Waals surface area contributed by atoms with Gasteiger partial charge in [-0.25, -0.2) is 4.98 Å². The Labute approximate surface area is 122 Å². The molecule has 0 aliphatic heterocycles. The maximum atomic E-state index is 11.2. The Bertz CT molecular complexity index is 629. The van der Waals surface area contributed by atoms with Crippen LogP contribution in [0.3, 0.4) is 0 Å². The van der Waals surface area contributed by atoms with Crippen molar-refractivity contribution >= 4 is 17.2 Å². The zero-order chi connectivity index (χ0) is 15.2. The summed E-state index contributed by atoms with van der Waals surface area (Å²) in [5.74, 6) is 0.0767. The third-order valence-electron chi connectivity index (χ3n) is 2.88. The molecule has 7 nitrogen and oxygen atoms in total. The quantitative estimate of drug-likeness (QED) is 0.649. The minimum Gasteiger partial charge on any atom is -0.473 e. The Morgan fingerprint density at radius 2 is 1.95 bits per heavy atom. The predicted molar refractivity (Wildman–Crippen MR) is 79.0 cm³/mol. The first kappa shape index (κ1) is 14.7. The van der Waals surface area contributed by atoms with Crippen LogP contribution in [0.15, 0.2) is 30.6 Å². The molecule has 0 bridgehead atoms. The highest BCUT2D eigenvalue weighted by atomic mass is 16.6. The van der Waals surface area contributed by atoms with E-state index in [0.717, 1.165) is 12.1 Å². The lowest BCUT2D eigenvalue weighted by molar-refractivity contribution is -0.385. The summed E-state index contributed by atoms with van der Waals surface area (Å²) in [7, 11) is 0. The number of hydrogen-bond donors (Lipinski definition) is 1. The summed E-state index contributed by atoms with van der Waals surface area (Å²) in [5, 5.41) is 14.1. The van der Waals surface area contributed by atoms with Gasteiger partial charge in [-0.15, -0.1) is 0 Å². The molecule has 2 aromatic rings. The van der Waals surface area contributed by atoms with Gasteiger partial charge in [-0.3, -0.25) is 10.1 Å². The molecule has 0 saturated carbocycles. The first-order chi connectivity index (χ1) is 10.2. The van der Waals surface area contributed by atoms with Crippen LogP contribution in [-0.2, 0) is 6.42 Å². The summed E-state index contributed by atoms with van der Waals surface area (Å²) in [6, 6.07) is 7.62. The summed E-state index contributed by atoms with van der Waals surface area (Å²) in [5.41, 5.74) is 1.64. The van der Waals surface area contributed by atoms with E-state index >= 15 is 0 Å². The lowest BCUT2D eigenvalue weighted by Gasteiger charge is -2.09. The number of benzene rings is 1. The highest BCUT2D eigenvalue weighted by Crippen LogP contribution is 2.32. The fraction of sp³-hybridized carbons (Fsp3) is 0.286. The Morgan fingerprint density at radius 3 is 2.52 bits per heavy atom. The maximum absolute atomic E-state index is 11.2. The Kier molecular flexibility index (Phi) is 4.65. The standard InChI is InChI=1S/C14H16N4O3/c1-3-10-5-7-11(8-6-10)17-13-12(18(19)20)14(21-4-2)16-9-15-13/h5-9H,3-4H2,1-2H3,(H,15,16,17). The van der Waals surface area contributed by atoms with Crippen LogP contribution < -0.4 is 10.1 Å².